The molecule has 1 aliphatic rings. The second kappa shape index (κ2) is 9.13. The van der Waals surface area contributed by atoms with Crippen LogP contribution in [0.3, 0.4) is 0 Å². The van der Waals surface area contributed by atoms with Crippen LogP contribution in [-0.4, -0.2) is 16.1 Å². The SMILES string of the molecule is Cc1cc(NC(=O)[C@H]2[C@H](c3ccc(F)c(Cl)c3)C2(Cl)Cl)cc(C(=O)Nc2ccc(F)cc2)c1F. The summed E-state index contributed by atoms with van der Waals surface area (Å²) in [5.41, 5.74) is 0.708. The molecule has 10 heteroatoms. The third-order valence-electron chi connectivity index (χ3n) is 5.51. The van der Waals surface area contributed by atoms with Gasteiger partial charge in [-0.1, -0.05) is 17.7 Å². The van der Waals surface area contributed by atoms with E-state index in [2.05, 4.69) is 10.6 Å². The van der Waals surface area contributed by atoms with Gasteiger partial charge in [-0.2, -0.15) is 0 Å². The zero-order chi connectivity index (χ0) is 24.8. The van der Waals surface area contributed by atoms with Crippen molar-refractivity contribution in [2.75, 3.05) is 10.6 Å². The van der Waals surface area contributed by atoms with Gasteiger partial charge in [0.25, 0.3) is 5.91 Å². The van der Waals surface area contributed by atoms with E-state index in [4.69, 9.17) is 34.8 Å². The van der Waals surface area contributed by atoms with Crippen molar-refractivity contribution >= 4 is 58.0 Å². The molecule has 0 heterocycles. The molecular formula is C24H16Cl3F3N2O2. The van der Waals surface area contributed by atoms with E-state index in [9.17, 15) is 22.8 Å². The van der Waals surface area contributed by atoms with E-state index in [0.717, 1.165) is 18.2 Å². The van der Waals surface area contributed by atoms with Crippen LogP contribution in [0.25, 0.3) is 0 Å². The van der Waals surface area contributed by atoms with Crippen molar-refractivity contribution in [2.45, 2.75) is 17.2 Å². The van der Waals surface area contributed by atoms with Crippen molar-refractivity contribution in [1.29, 1.82) is 0 Å². The molecule has 3 aromatic carbocycles. The first-order valence-electron chi connectivity index (χ1n) is 9.99. The number of nitrogens with one attached hydrogen (secondary N) is 2. The number of carbonyl (C=O) groups excluding carboxylic acids is 2. The molecule has 4 rings (SSSR count). The molecule has 3 aromatic rings. The first kappa shape index (κ1) is 24.4. The number of carbonyl (C=O) groups is 2. The summed E-state index contributed by atoms with van der Waals surface area (Å²) in [7, 11) is 0. The third-order valence-corrected chi connectivity index (χ3v) is 6.74. The highest BCUT2D eigenvalue weighted by Gasteiger charge is 2.67. The number of alkyl halides is 2. The van der Waals surface area contributed by atoms with Gasteiger partial charge in [0.15, 0.2) is 0 Å². The maximum atomic E-state index is 14.7. The van der Waals surface area contributed by atoms with Crippen LogP contribution < -0.4 is 10.6 Å². The Kier molecular flexibility index (Phi) is 6.55. The van der Waals surface area contributed by atoms with Crippen molar-refractivity contribution in [3.8, 4) is 0 Å². The lowest BCUT2D eigenvalue weighted by molar-refractivity contribution is -0.117. The molecular weight excluding hydrogens is 512 g/mol. The third kappa shape index (κ3) is 4.73. The van der Waals surface area contributed by atoms with Crippen LogP contribution in [0.4, 0.5) is 24.5 Å². The largest absolute Gasteiger partial charge is 0.326 e. The molecule has 34 heavy (non-hydrogen) atoms. The summed E-state index contributed by atoms with van der Waals surface area (Å²) in [5, 5.41) is 4.96. The van der Waals surface area contributed by atoms with Crippen molar-refractivity contribution in [1.82, 2.24) is 0 Å². The van der Waals surface area contributed by atoms with Crippen LogP contribution in [0.5, 0.6) is 0 Å². The monoisotopic (exact) mass is 526 g/mol. The van der Waals surface area contributed by atoms with Gasteiger partial charge in [-0.05, 0) is 66.6 Å². The van der Waals surface area contributed by atoms with Crippen LogP contribution in [0, 0.1) is 30.3 Å². The van der Waals surface area contributed by atoms with Crippen LogP contribution in [0.1, 0.15) is 27.4 Å². The Morgan fingerprint density at radius 1 is 0.912 bits per heavy atom. The molecule has 4 nitrogen and oxygen atoms in total. The average molecular weight is 528 g/mol. The summed E-state index contributed by atoms with van der Waals surface area (Å²) < 4.78 is 39.8. The second-order valence-corrected chi connectivity index (χ2v) is 9.76. The molecule has 176 valence electrons. The van der Waals surface area contributed by atoms with E-state index in [1.165, 1.54) is 43.3 Å². The average Bonchev–Trinajstić information content (AvgIpc) is 3.36. The van der Waals surface area contributed by atoms with Crippen LogP contribution in [0.15, 0.2) is 54.6 Å². The van der Waals surface area contributed by atoms with E-state index < -0.39 is 45.4 Å². The molecule has 0 spiro atoms. The number of halogens is 6. The lowest BCUT2D eigenvalue weighted by Crippen LogP contribution is -2.19. The van der Waals surface area contributed by atoms with Crippen LogP contribution in [-0.2, 0) is 4.79 Å². The number of amides is 2. The molecule has 0 saturated heterocycles. The molecule has 2 amide bonds. The van der Waals surface area contributed by atoms with Gasteiger partial charge < -0.3 is 10.6 Å². The Bertz CT molecular complexity index is 1300. The van der Waals surface area contributed by atoms with Crippen molar-refractivity contribution in [3.05, 3.63) is 93.8 Å². The van der Waals surface area contributed by atoms with E-state index in [0.29, 0.717) is 5.56 Å². The van der Waals surface area contributed by atoms with Gasteiger partial charge in [-0.15, -0.1) is 23.2 Å². The number of hydrogen-bond acceptors (Lipinski definition) is 2. The fourth-order valence-corrected chi connectivity index (χ4v) is 4.75. The lowest BCUT2D eigenvalue weighted by atomic mass is 10.1. The fourth-order valence-electron chi connectivity index (χ4n) is 3.73. The molecule has 0 aromatic heterocycles. The molecule has 0 radical (unpaired) electrons. The second-order valence-electron chi connectivity index (χ2n) is 7.91. The number of rotatable bonds is 5. The van der Waals surface area contributed by atoms with Gasteiger partial charge >= 0.3 is 0 Å². The Hall–Kier alpha value is -2.74. The standard InChI is InChI=1S/C24H16Cl3F3N2O2/c1-11-8-15(10-16(21(11)30)22(33)31-14-5-3-13(28)4-6-14)32-23(34)20-19(24(20,26)27)12-2-7-18(29)17(25)9-12/h2-10,19-20H,1H3,(H,31,33)(H,32,34)/t19-,20+/m0/s1. The number of anilines is 2. The summed E-state index contributed by atoms with van der Waals surface area (Å²) in [4.78, 5) is 25.5. The van der Waals surface area contributed by atoms with E-state index in [1.54, 1.807) is 0 Å². The summed E-state index contributed by atoms with van der Waals surface area (Å²) in [5.74, 6) is -4.75. The highest BCUT2D eigenvalue weighted by Crippen LogP contribution is 2.65. The summed E-state index contributed by atoms with van der Waals surface area (Å²) in [6, 6.07) is 11.5. The Morgan fingerprint density at radius 3 is 2.24 bits per heavy atom. The number of hydrogen-bond donors (Lipinski definition) is 2. The van der Waals surface area contributed by atoms with Crippen molar-refractivity contribution in [2.24, 2.45) is 5.92 Å². The maximum Gasteiger partial charge on any atom is 0.258 e. The predicted molar refractivity (Wildman–Crippen MR) is 126 cm³/mol. The minimum Gasteiger partial charge on any atom is -0.326 e. The van der Waals surface area contributed by atoms with Crippen molar-refractivity contribution < 1.29 is 22.8 Å². The molecule has 1 aliphatic carbocycles. The van der Waals surface area contributed by atoms with Gasteiger partial charge in [-0.25, -0.2) is 13.2 Å². The van der Waals surface area contributed by atoms with E-state index in [1.807, 2.05) is 0 Å². The Balaban J connectivity index is 1.54. The van der Waals surface area contributed by atoms with Gasteiger partial charge in [0.2, 0.25) is 5.91 Å². The molecule has 1 fully saturated rings. The van der Waals surface area contributed by atoms with Gasteiger partial charge in [0.1, 0.15) is 21.8 Å². The minimum atomic E-state index is -1.46. The molecule has 2 atom stereocenters. The molecule has 2 N–H and O–H groups in total. The smallest absolute Gasteiger partial charge is 0.258 e. The topological polar surface area (TPSA) is 58.2 Å². The highest BCUT2D eigenvalue weighted by molar-refractivity contribution is 6.53. The molecule has 0 aliphatic heterocycles. The number of benzene rings is 3. The van der Waals surface area contributed by atoms with Gasteiger partial charge in [0, 0.05) is 17.3 Å². The lowest BCUT2D eigenvalue weighted by Gasteiger charge is -2.12. The highest BCUT2D eigenvalue weighted by atomic mass is 35.5. The first-order chi connectivity index (χ1) is 16.0. The zero-order valence-electron chi connectivity index (χ0n) is 17.4. The minimum absolute atomic E-state index is 0.114. The molecule has 0 unspecified atom stereocenters. The normalized spacial score (nSPS) is 18.3. The first-order valence-corrected chi connectivity index (χ1v) is 11.1. The summed E-state index contributed by atoms with van der Waals surface area (Å²) >= 11 is 18.5. The van der Waals surface area contributed by atoms with Crippen molar-refractivity contribution in [3.63, 3.8) is 0 Å². The quantitative estimate of drug-likeness (QED) is 0.357. The van der Waals surface area contributed by atoms with E-state index in [-0.39, 0.29) is 27.5 Å². The maximum absolute atomic E-state index is 14.7. The fraction of sp³-hybridized carbons (Fsp3) is 0.167. The Morgan fingerprint density at radius 2 is 1.59 bits per heavy atom. The Labute approximate surface area is 208 Å². The van der Waals surface area contributed by atoms with Crippen LogP contribution >= 0.6 is 34.8 Å². The molecule has 0 bridgehead atoms. The zero-order valence-corrected chi connectivity index (χ0v) is 19.7. The van der Waals surface area contributed by atoms with Gasteiger partial charge in [0.05, 0.1) is 16.5 Å². The molecule has 1 saturated carbocycles. The van der Waals surface area contributed by atoms with Gasteiger partial charge in [-0.3, -0.25) is 9.59 Å². The predicted octanol–water partition coefficient (Wildman–Crippen LogP) is 6.84. The summed E-state index contributed by atoms with van der Waals surface area (Å²) in [6.45, 7) is 1.44. The van der Waals surface area contributed by atoms with E-state index >= 15 is 0 Å². The number of aryl methyl sites for hydroxylation is 1. The summed E-state index contributed by atoms with van der Waals surface area (Å²) in [6.07, 6.45) is 0. The van der Waals surface area contributed by atoms with Crippen LogP contribution in [0.2, 0.25) is 5.02 Å².